The molecule has 3 rings (SSSR count). The number of rotatable bonds is 0. The fourth-order valence-corrected chi connectivity index (χ4v) is 3.17. The third-order valence-electron chi connectivity index (χ3n) is 3.96. The lowest BCUT2D eigenvalue weighted by Crippen LogP contribution is -2.18. The zero-order chi connectivity index (χ0) is 10.3. The lowest BCUT2D eigenvalue weighted by atomic mass is 9.90. The van der Waals surface area contributed by atoms with Crippen LogP contribution in [0.2, 0.25) is 0 Å². The van der Waals surface area contributed by atoms with Crippen LogP contribution in [0.15, 0.2) is 18.2 Å². The van der Waals surface area contributed by atoms with Crippen molar-refractivity contribution in [3.05, 3.63) is 29.3 Å². The molecule has 1 heterocycles. The Labute approximate surface area is 91.9 Å². The number of nitrogens with one attached hydrogen (secondary N) is 1. The third-order valence-corrected chi connectivity index (χ3v) is 3.96. The van der Waals surface area contributed by atoms with Crippen molar-refractivity contribution in [3.63, 3.8) is 0 Å². The molecule has 0 aromatic heterocycles. The van der Waals surface area contributed by atoms with Crippen LogP contribution < -0.4 is 5.32 Å². The highest BCUT2D eigenvalue weighted by Gasteiger charge is 2.32. The predicted octanol–water partition coefficient (Wildman–Crippen LogP) is 3.84. The number of benzene rings is 1. The highest BCUT2D eigenvalue weighted by atomic mass is 15.0. The van der Waals surface area contributed by atoms with Crippen LogP contribution in [-0.2, 0) is 0 Å². The highest BCUT2D eigenvalue weighted by Crippen LogP contribution is 2.42. The SMILES string of the molecule is Cc1ccc2c(c1)[C@@H]1CCCCC[C@@H]1N2. The van der Waals surface area contributed by atoms with Crippen molar-refractivity contribution in [2.75, 3.05) is 5.32 Å². The van der Waals surface area contributed by atoms with Gasteiger partial charge in [-0.15, -0.1) is 0 Å². The van der Waals surface area contributed by atoms with E-state index < -0.39 is 0 Å². The summed E-state index contributed by atoms with van der Waals surface area (Å²) in [7, 11) is 0. The van der Waals surface area contributed by atoms with Crippen LogP contribution in [0, 0.1) is 6.92 Å². The molecule has 0 unspecified atom stereocenters. The first-order valence-electron chi connectivity index (χ1n) is 6.22. The van der Waals surface area contributed by atoms with Gasteiger partial charge in [0.1, 0.15) is 0 Å². The van der Waals surface area contributed by atoms with Crippen LogP contribution in [0.25, 0.3) is 0 Å². The summed E-state index contributed by atoms with van der Waals surface area (Å²) in [6.07, 6.45) is 6.99. The zero-order valence-corrected chi connectivity index (χ0v) is 9.42. The predicted molar refractivity (Wildman–Crippen MR) is 64.4 cm³/mol. The smallest absolute Gasteiger partial charge is 0.0378 e. The summed E-state index contributed by atoms with van der Waals surface area (Å²) in [5, 5.41) is 3.70. The molecular weight excluding hydrogens is 182 g/mol. The van der Waals surface area contributed by atoms with E-state index in [1.807, 2.05) is 0 Å². The average Bonchev–Trinajstić information content (AvgIpc) is 2.44. The van der Waals surface area contributed by atoms with Gasteiger partial charge >= 0.3 is 0 Å². The minimum absolute atomic E-state index is 0.726. The quantitative estimate of drug-likeness (QED) is 0.672. The summed E-state index contributed by atoms with van der Waals surface area (Å²) in [5.41, 5.74) is 4.39. The zero-order valence-electron chi connectivity index (χ0n) is 9.42. The molecule has 1 aliphatic carbocycles. The van der Waals surface area contributed by atoms with E-state index in [2.05, 4.69) is 30.4 Å². The third kappa shape index (κ3) is 1.54. The largest absolute Gasteiger partial charge is 0.381 e. The van der Waals surface area contributed by atoms with Crippen molar-refractivity contribution in [1.82, 2.24) is 0 Å². The van der Waals surface area contributed by atoms with Crippen LogP contribution in [0.1, 0.15) is 49.1 Å². The van der Waals surface area contributed by atoms with E-state index in [4.69, 9.17) is 0 Å². The molecule has 0 radical (unpaired) electrons. The van der Waals surface area contributed by atoms with Gasteiger partial charge in [0.25, 0.3) is 0 Å². The molecule has 80 valence electrons. The van der Waals surface area contributed by atoms with E-state index in [0.29, 0.717) is 0 Å². The van der Waals surface area contributed by atoms with Gasteiger partial charge < -0.3 is 5.32 Å². The van der Waals surface area contributed by atoms with Crippen molar-refractivity contribution in [3.8, 4) is 0 Å². The molecule has 0 saturated heterocycles. The lowest BCUT2D eigenvalue weighted by molar-refractivity contribution is 0.562. The maximum Gasteiger partial charge on any atom is 0.0378 e. The van der Waals surface area contributed by atoms with E-state index in [9.17, 15) is 0 Å². The van der Waals surface area contributed by atoms with Crippen molar-refractivity contribution in [2.24, 2.45) is 0 Å². The molecule has 1 N–H and O–H groups in total. The van der Waals surface area contributed by atoms with Gasteiger partial charge in [0.05, 0.1) is 0 Å². The Morgan fingerprint density at radius 1 is 1.13 bits per heavy atom. The second kappa shape index (κ2) is 3.55. The highest BCUT2D eigenvalue weighted by molar-refractivity contribution is 5.60. The van der Waals surface area contributed by atoms with E-state index in [-0.39, 0.29) is 0 Å². The molecule has 0 spiro atoms. The van der Waals surface area contributed by atoms with Crippen LogP contribution in [-0.4, -0.2) is 6.04 Å². The number of aryl methyl sites for hydroxylation is 1. The standard InChI is InChI=1S/C14H19N/c1-10-7-8-14-12(9-10)11-5-3-2-4-6-13(11)15-14/h7-9,11,13,15H,2-6H2,1H3/t11-,13-/m0/s1. The molecule has 1 heteroatoms. The first kappa shape index (κ1) is 9.26. The summed E-state index contributed by atoms with van der Waals surface area (Å²) >= 11 is 0. The van der Waals surface area contributed by atoms with Gasteiger partial charge in [0.2, 0.25) is 0 Å². The molecule has 1 aromatic carbocycles. The average molecular weight is 201 g/mol. The fourth-order valence-electron chi connectivity index (χ4n) is 3.17. The van der Waals surface area contributed by atoms with Crippen LogP contribution >= 0.6 is 0 Å². The Balaban J connectivity index is 1.98. The summed E-state index contributed by atoms with van der Waals surface area (Å²) in [6, 6.07) is 7.60. The second-order valence-corrected chi connectivity index (χ2v) is 5.09. The number of hydrogen-bond acceptors (Lipinski definition) is 1. The number of hydrogen-bond donors (Lipinski definition) is 1. The summed E-state index contributed by atoms with van der Waals surface area (Å²) in [6.45, 7) is 2.20. The Bertz CT molecular complexity index is 370. The van der Waals surface area contributed by atoms with E-state index >= 15 is 0 Å². The lowest BCUT2D eigenvalue weighted by Gasteiger charge is -2.16. The van der Waals surface area contributed by atoms with E-state index in [0.717, 1.165) is 12.0 Å². The van der Waals surface area contributed by atoms with Gasteiger partial charge in [-0.2, -0.15) is 0 Å². The maximum absolute atomic E-state index is 3.70. The van der Waals surface area contributed by atoms with Gasteiger partial charge in [-0.3, -0.25) is 0 Å². The fraction of sp³-hybridized carbons (Fsp3) is 0.571. The van der Waals surface area contributed by atoms with Crippen LogP contribution in [0.4, 0.5) is 5.69 Å². The molecule has 1 saturated carbocycles. The minimum atomic E-state index is 0.726. The maximum atomic E-state index is 3.70. The van der Waals surface area contributed by atoms with Gasteiger partial charge in [-0.05, 0) is 31.4 Å². The van der Waals surface area contributed by atoms with Crippen molar-refractivity contribution in [2.45, 2.75) is 51.0 Å². The molecule has 0 amide bonds. The summed E-state index contributed by atoms with van der Waals surface area (Å²) < 4.78 is 0. The van der Waals surface area contributed by atoms with Gasteiger partial charge in [0, 0.05) is 17.6 Å². The number of anilines is 1. The van der Waals surface area contributed by atoms with Gasteiger partial charge in [-0.1, -0.05) is 37.0 Å². The Morgan fingerprint density at radius 2 is 2.00 bits per heavy atom. The normalized spacial score (nSPS) is 28.9. The molecule has 1 fully saturated rings. The molecule has 0 bridgehead atoms. The monoisotopic (exact) mass is 201 g/mol. The molecule has 2 aliphatic rings. The molecule has 1 aromatic rings. The first-order valence-corrected chi connectivity index (χ1v) is 6.22. The summed E-state index contributed by atoms with van der Waals surface area (Å²) in [5.74, 6) is 0.794. The Morgan fingerprint density at radius 3 is 2.93 bits per heavy atom. The molecule has 2 atom stereocenters. The topological polar surface area (TPSA) is 12.0 Å². The van der Waals surface area contributed by atoms with E-state index in [1.165, 1.54) is 43.4 Å². The molecule has 15 heavy (non-hydrogen) atoms. The first-order chi connectivity index (χ1) is 7.34. The molecule has 1 nitrogen and oxygen atoms in total. The van der Waals surface area contributed by atoms with Gasteiger partial charge in [0.15, 0.2) is 0 Å². The second-order valence-electron chi connectivity index (χ2n) is 5.09. The summed E-state index contributed by atoms with van der Waals surface area (Å²) in [4.78, 5) is 0. The number of fused-ring (bicyclic) bond motifs is 3. The van der Waals surface area contributed by atoms with Crippen molar-refractivity contribution in [1.29, 1.82) is 0 Å². The minimum Gasteiger partial charge on any atom is -0.381 e. The van der Waals surface area contributed by atoms with Crippen LogP contribution in [0.5, 0.6) is 0 Å². The van der Waals surface area contributed by atoms with Crippen molar-refractivity contribution < 1.29 is 0 Å². The Hall–Kier alpha value is -0.980. The molecule has 1 aliphatic heterocycles. The Kier molecular flexibility index (Phi) is 2.19. The van der Waals surface area contributed by atoms with E-state index in [1.54, 1.807) is 5.56 Å². The van der Waals surface area contributed by atoms with Crippen molar-refractivity contribution >= 4 is 5.69 Å². The van der Waals surface area contributed by atoms with Gasteiger partial charge in [-0.25, -0.2) is 0 Å². The molecular formula is C14H19N. The van der Waals surface area contributed by atoms with Crippen LogP contribution in [0.3, 0.4) is 0 Å².